The van der Waals surface area contributed by atoms with Crippen LogP contribution in [0.15, 0.2) is 73.1 Å². The number of rotatable bonds is 6. The molecule has 0 aliphatic rings. The number of nitrogens with zero attached hydrogens (tertiary/aromatic N) is 2. The van der Waals surface area contributed by atoms with Crippen LogP contribution in [0.1, 0.15) is 11.1 Å². The second-order valence-electron chi connectivity index (χ2n) is 4.95. The lowest BCUT2D eigenvalue weighted by molar-refractivity contribution is 1.08. The molecule has 0 radical (unpaired) electrons. The third kappa shape index (κ3) is 4.06. The Bertz CT molecular complexity index is 619. The Morgan fingerprint density at radius 2 is 1.05 bits per heavy atom. The van der Waals surface area contributed by atoms with E-state index in [2.05, 4.69) is 44.9 Å². The second-order valence-corrected chi connectivity index (χ2v) is 4.95. The molecule has 1 aromatic carbocycles. The van der Waals surface area contributed by atoms with E-state index >= 15 is 0 Å². The largest absolute Gasteiger partial charge is 0.366 e. The number of anilines is 2. The van der Waals surface area contributed by atoms with Crippen molar-refractivity contribution in [3.63, 3.8) is 0 Å². The van der Waals surface area contributed by atoms with Gasteiger partial charge >= 0.3 is 0 Å². The van der Waals surface area contributed by atoms with E-state index in [1.54, 1.807) is 12.4 Å². The summed E-state index contributed by atoms with van der Waals surface area (Å²) in [4.78, 5) is 8.49. The summed E-state index contributed by atoms with van der Waals surface area (Å²) < 4.78 is 0. The lowest BCUT2D eigenvalue weighted by Crippen LogP contribution is -2.03. The fourth-order valence-corrected chi connectivity index (χ4v) is 2.09. The van der Waals surface area contributed by atoms with E-state index < -0.39 is 0 Å². The molecule has 2 aromatic heterocycles. The molecule has 3 aromatic rings. The van der Waals surface area contributed by atoms with Gasteiger partial charge in [-0.25, -0.2) is 9.97 Å². The van der Waals surface area contributed by atoms with E-state index in [0.717, 1.165) is 24.7 Å². The molecule has 0 fully saturated rings. The maximum atomic E-state index is 4.25. The number of hydrogen-bond acceptors (Lipinski definition) is 4. The molecule has 0 spiro atoms. The van der Waals surface area contributed by atoms with Gasteiger partial charge in [0.25, 0.3) is 0 Å². The van der Waals surface area contributed by atoms with Crippen LogP contribution in [0.5, 0.6) is 0 Å². The van der Waals surface area contributed by atoms with Crippen molar-refractivity contribution >= 4 is 11.6 Å². The Morgan fingerprint density at radius 3 is 1.41 bits per heavy atom. The van der Waals surface area contributed by atoms with Crippen molar-refractivity contribution in [3.8, 4) is 0 Å². The molecule has 110 valence electrons. The van der Waals surface area contributed by atoms with Gasteiger partial charge in [-0.15, -0.1) is 0 Å². The Morgan fingerprint density at radius 1 is 0.591 bits per heavy atom. The van der Waals surface area contributed by atoms with Gasteiger partial charge in [-0.2, -0.15) is 0 Å². The van der Waals surface area contributed by atoms with E-state index in [1.807, 2.05) is 36.4 Å². The lowest BCUT2D eigenvalue weighted by Gasteiger charge is -2.08. The van der Waals surface area contributed by atoms with Gasteiger partial charge < -0.3 is 10.6 Å². The minimum absolute atomic E-state index is 0.769. The summed E-state index contributed by atoms with van der Waals surface area (Å²) >= 11 is 0. The molecule has 0 aliphatic carbocycles. The van der Waals surface area contributed by atoms with Crippen LogP contribution in [-0.2, 0) is 13.1 Å². The standard InChI is InChI=1S/C18H18N4/c1-3-11-19-17(5-1)21-13-15-7-9-16(10-8-15)14-22-18-6-2-4-12-20-18/h1-12H,13-14H2,(H,19,21)(H,20,22). The van der Waals surface area contributed by atoms with Crippen LogP contribution in [0, 0.1) is 0 Å². The summed E-state index contributed by atoms with van der Waals surface area (Å²) in [6, 6.07) is 20.2. The molecule has 22 heavy (non-hydrogen) atoms. The minimum Gasteiger partial charge on any atom is -0.366 e. The number of pyridine rings is 2. The molecule has 2 heterocycles. The van der Waals surface area contributed by atoms with E-state index in [9.17, 15) is 0 Å². The van der Waals surface area contributed by atoms with Crippen molar-refractivity contribution in [1.29, 1.82) is 0 Å². The summed E-state index contributed by atoms with van der Waals surface area (Å²) in [5.41, 5.74) is 2.46. The first kappa shape index (κ1) is 14.1. The van der Waals surface area contributed by atoms with Crippen molar-refractivity contribution < 1.29 is 0 Å². The van der Waals surface area contributed by atoms with Crippen LogP contribution in [0.25, 0.3) is 0 Å². The van der Waals surface area contributed by atoms with E-state index in [4.69, 9.17) is 0 Å². The fourth-order valence-electron chi connectivity index (χ4n) is 2.09. The Kier molecular flexibility index (Phi) is 4.62. The molecule has 0 amide bonds. The molecule has 0 saturated heterocycles. The molecule has 2 N–H and O–H groups in total. The fraction of sp³-hybridized carbons (Fsp3) is 0.111. The van der Waals surface area contributed by atoms with Gasteiger partial charge in [0.2, 0.25) is 0 Å². The first-order valence-corrected chi connectivity index (χ1v) is 7.28. The Balaban J connectivity index is 1.52. The third-order valence-electron chi connectivity index (χ3n) is 3.30. The normalized spacial score (nSPS) is 10.2. The molecule has 4 heteroatoms. The van der Waals surface area contributed by atoms with Crippen molar-refractivity contribution in [2.45, 2.75) is 13.1 Å². The van der Waals surface area contributed by atoms with Crippen molar-refractivity contribution in [1.82, 2.24) is 9.97 Å². The molecule has 4 nitrogen and oxygen atoms in total. The quantitative estimate of drug-likeness (QED) is 0.727. The number of nitrogens with one attached hydrogen (secondary N) is 2. The molecule has 3 rings (SSSR count). The zero-order valence-electron chi connectivity index (χ0n) is 12.2. The van der Waals surface area contributed by atoms with E-state index in [0.29, 0.717) is 0 Å². The topological polar surface area (TPSA) is 49.8 Å². The first-order valence-electron chi connectivity index (χ1n) is 7.28. The summed E-state index contributed by atoms with van der Waals surface area (Å²) in [6.07, 6.45) is 3.57. The number of benzene rings is 1. The van der Waals surface area contributed by atoms with Gasteiger partial charge in [-0.05, 0) is 35.4 Å². The predicted molar refractivity (Wildman–Crippen MR) is 89.6 cm³/mol. The highest BCUT2D eigenvalue weighted by Crippen LogP contribution is 2.09. The molecule has 0 saturated carbocycles. The highest BCUT2D eigenvalue weighted by molar-refractivity contribution is 5.37. The Hall–Kier alpha value is -2.88. The minimum atomic E-state index is 0.769. The highest BCUT2D eigenvalue weighted by Gasteiger charge is 1.97. The second kappa shape index (κ2) is 7.22. The van der Waals surface area contributed by atoms with Crippen LogP contribution in [0.2, 0.25) is 0 Å². The first-order chi connectivity index (χ1) is 10.9. The smallest absolute Gasteiger partial charge is 0.126 e. The molecular weight excluding hydrogens is 272 g/mol. The highest BCUT2D eigenvalue weighted by atomic mass is 15.0. The van der Waals surface area contributed by atoms with E-state index in [-0.39, 0.29) is 0 Å². The SMILES string of the molecule is c1ccc(NCc2ccc(CNc3ccccn3)cc2)nc1. The number of hydrogen-bond donors (Lipinski definition) is 2. The third-order valence-corrected chi connectivity index (χ3v) is 3.30. The molecule has 0 aliphatic heterocycles. The Labute approximate surface area is 130 Å². The molecule has 0 unspecified atom stereocenters. The van der Waals surface area contributed by atoms with Gasteiger partial charge in [0.1, 0.15) is 11.6 Å². The van der Waals surface area contributed by atoms with Crippen molar-refractivity contribution in [2.75, 3.05) is 10.6 Å². The van der Waals surface area contributed by atoms with Crippen LogP contribution in [0.4, 0.5) is 11.6 Å². The molecule has 0 bridgehead atoms. The van der Waals surface area contributed by atoms with Crippen LogP contribution in [0.3, 0.4) is 0 Å². The van der Waals surface area contributed by atoms with Gasteiger partial charge in [0, 0.05) is 25.5 Å². The van der Waals surface area contributed by atoms with Crippen molar-refractivity contribution in [2.24, 2.45) is 0 Å². The maximum absolute atomic E-state index is 4.25. The zero-order valence-corrected chi connectivity index (χ0v) is 12.2. The molecule has 0 atom stereocenters. The monoisotopic (exact) mass is 290 g/mol. The predicted octanol–water partition coefficient (Wildman–Crippen LogP) is 3.70. The maximum Gasteiger partial charge on any atom is 0.126 e. The average molecular weight is 290 g/mol. The van der Waals surface area contributed by atoms with Gasteiger partial charge in [0.05, 0.1) is 0 Å². The summed E-state index contributed by atoms with van der Waals surface area (Å²) in [5.74, 6) is 1.78. The van der Waals surface area contributed by atoms with Crippen LogP contribution in [-0.4, -0.2) is 9.97 Å². The number of aromatic nitrogens is 2. The van der Waals surface area contributed by atoms with Crippen molar-refractivity contribution in [3.05, 3.63) is 84.2 Å². The average Bonchev–Trinajstić information content (AvgIpc) is 2.61. The zero-order chi connectivity index (χ0) is 15.0. The summed E-state index contributed by atoms with van der Waals surface area (Å²) in [5, 5.41) is 6.60. The molecular formula is C18H18N4. The summed E-state index contributed by atoms with van der Waals surface area (Å²) in [6.45, 7) is 1.54. The van der Waals surface area contributed by atoms with Crippen LogP contribution >= 0.6 is 0 Å². The van der Waals surface area contributed by atoms with Gasteiger partial charge in [0.15, 0.2) is 0 Å². The van der Waals surface area contributed by atoms with Crippen LogP contribution < -0.4 is 10.6 Å². The van der Waals surface area contributed by atoms with Gasteiger partial charge in [-0.3, -0.25) is 0 Å². The lowest BCUT2D eigenvalue weighted by atomic mass is 10.1. The van der Waals surface area contributed by atoms with Gasteiger partial charge in [-0.1, -0.05) is 36.4 Å². The van der Waals surface area contributed by atoms with E-state index in [1.165, 1.54) is 11.1 Å². The summed E-state index contributed by atoms with van der Waals surface area (Å²) in [7, 11) is 0.